The molecule has 1 aliphatic rings. The van der Waals surface area contributed by atoms with Crippen molar-refractivity contribution in [2.45, 2.75) is 63.7 Å². The Kier molecular flexibility index (Phi) is 8.36. The number of ether oxygens (including phenoxy) is 1. The molecule has 10 heteroatoms. The zero-order valence-corrected chi connectivity index (χ0v) is 20.9. The van der Waals surface area contributed by atoms with Gasteiger partial charge >= 0.3 is 6.03 Å². The molecular weight excluding hydrogens is 440 g/mol. The van der Waals surface area contributed by atoms with Crippen LogP contribution in [0.3, 0.4) is 0 Å². The molecule has 33 heavy (non-hydrogen) atoms. The quantitative estimate of drug-likeness (QED) is 0.592. The number of thioether (sulfide) groups is 1. The number of urea groups is 1. The highest BCUT2D eigenvalue weighted by Crippen LogP contribution is 2.30. The van der Waals surface area contributed by atoms with Gasteiger partial charge in [0.15, 0.2) is 11.0 Å². The van der Waals surface area contributed by atoms with Gasteiger partial charge in [0, 0.05) is 11.2 Å². The summed E-state index contributed by atoms with van der Waals surface area (Å²) in [4.78, 5) is 26.8. The number of nitrogens with zero attached hydrogens (tertiary/aromatic N) is 4. The van der Waals surface area contributed by atoms with Crippen molar-refractivity contribution < 1.29 is 14.3 Å². The van der Waals surface area contributed by atoms with Crippen LogP contribution in [-0.2, 0) is 4.79 Å². The molecule has 1 fully saturated rings. The van der Waals surface area contributed by atoms with E-state index in [4.69, 9.17) is 4.74 Å². The van der Waals surface area contributed by atoms with Crippen LogP contribution >= 0.6 is 11.8 Å². The molecule has 2 heterocycles. The van der Waals surface area contributed by atoms with Crippen molar-refractivity contribution in [3.8, 4) is 11.4 Å². The van der Waals surface area contributed by atoms with E-state index < -0.39 is 17.5 Å². The molecule has 9 nitrogen and oxygen atoms in total. The summed E-state index contributed by atoms with van der Waals surface area (Å²) in [7, 11) is 1.63. The van der Waals surface area contributed by atoms with Crippen molar-refractivity contribution >= 4 is 23.7 Å². The Balaban J connectivity index is 1.79. The smallest absolute Gasteiger partial charge is 0.321 e. The van der Waals surface area contributed by atoms with Crippen molar-refractivity contribution in [2.75, 3.05) is 26.0 Å². The van der Waals surface area contributed by atoms with Gasteiger partial charge in [-0.05, 0) is 77.9 Å². The lowest BCUT2D eigenvalue weighted by Crippen LogP contribution is -2.48. The molecule has 0 spiro atoms. The van der Waals surface area contributed by atoms with E-state index in [1.165, 1.54) is 31.0 Å². The van der Waals surface area contributed by atoms with Crippen LogP contribution in [0.15, 0.2) is 29.4 Å². The van der Waals surface area contributed by atoms with Crippen LogP contribution in [0.25, 0.3) is 5.69 Å². The molecule has 2 N–H and O–H groups in total. The molecule has 1 saturated heterocycles. The van der Waals surface area contributed by atoms with Crippen molar-refractivity contribution in [3.05, 3.63) is 30.1 Å². The van der Waals surface area contributed by atoms with Crippen molar-refractivity contribution in [3.63, 3.8) is 0 Å². The minimum atomic E-state index is -0.510. The van der Waals surface area contributed by atoms with Crippen LogP contribution in [-0.4, -0.2) is 63.1 Å². The number of likely N-dealkylation sites (tertiary alicyclic amines) is 1. The van der Waals surface area contributed by atoms with Gasteiger partial charge < -0.3 is 10.1 Å². The molecule has 2 aromatic rings. The lowest BCUT2D eigenvalue weighted by Gasteiger charge is -2.31. The van der Waals surface area contributed by atoms with Gasteiger partial charge in [0.25, 0.3) is 0 Å². The first kappa shape index (κ1) is 25.0. The molecule has 1 aromatic carbocycles. The van der Waals surface area contributed by atoms with E-state index in [1.807, 2.05) is 49.6 Å². The molecular formula is C23H34N6O3S. The van der Waals surface area contributed by atoms with Gasteiger partial charge in [-0.15, -0.1) is 10.2 Å². The minimum Gasteiger partial charge on any atom is -0.497 e. The number of benzene rings is 1. The number of carbonyl (C=O) groups is 2. The summed E-state index contributed by atoms with van der Waals surface area (Å²) < 4.78 is 7.29. The van der Waals surface area contributed by atoms with Crippen LogP contribution in [0.1, 0.15) is 58.8 Å². The molecule has 1 aromatic heterocycles. The number of aromatic nitrogens is 3. The van der Waals surface area contributed by atoms with Crippen LogP contribution in [0, 0.1) is 0 Å². The standard InChI is InChI=1S/C23H34N6O3S/c1-16(28-13-7-6-8-14-28)20-26-27-22(29(20)17-9-11-18(32-5)12-10-17)33-15-19(30)24-21(31)25-23(2,3)4/h9-12,16H,6-8,13-15H2,1-5H3,(H2,24,25,30,31). The van der Waals surface area contributed by atoms with Crippen LogP contribution in [0.2, 0.25) is 0 Å². The highest BCUT2D eigenvalue weighted by atomic mass is 32.2. The SMILES string of the molecule is COc1ccc(-n2c(SCC(=O)NC(=O)NC(C)(C)C)nnc2C(C)N2CCCCC2)cc1. The van der Waals surface area contributed by atoms with E-state index in [2.05, 4.69) is 32.7 Å². The molecule has 0 bridgehead atoms. The summed E-state index contributed by atoms with van der Waals surface area (Å²) in [5, 5.41) is 14.6. The molecule has 3 amide bonds. The van der Waals surface area contributed by atoms with Gasteiger partial charge in [-0.2, -0.15) is 0 Å². The molecule has 1 unspecified atom stereocenters. The number of piperidine rings is 1. The zero-order valence-electron chi connectivity index (χ0n) is 20.1. The van der Waals surface area contributed by atoms with E-state index in [9.17, 15) is 9.59 Å². The third-order valence-electron chi connectivity index (χ3n) is 5.37. The molecule has 0 saturated carbocycles. The number of carbonyl (C=O) groups excluding carboxylic acids is 2. The summed E-state index contributed by atoms with van der Waals surface area (Å²) in [6.07, 6.45) is 3.62. The van der Waals surface area contributed by atoms with Gasteiger partial charge in [0.2, 0.25) is 5.91 Å². The van der Waals surface area contributed by atoms with Gasteiger partial charge in [0.05, 0.1) is 18.9 Å². The third-order valence-corrected chi connectivity index (χ3v) is 6.30. The average Bonchev–Trinajstić information content (AvgIpc) is 3.20. The normalized spacial score (nSPS) is 15.7. The number of hydrogen-bond donors (Lipinski definition) is 2. The summed E-state index contributed by atoms with van der Waals surface area (Å²) in [5.74, 6) is 1.24. The fraction of sp³-hybridized carbons (Fsp3) is 0.565. The first-order chi connectivity index (χ1) is 15.7. The Bertz CT molecular complexity index is 948. The predicted molar refractivity (Wildman–Crippen MR) is 129 cm³/mol. The van der Waals surface area contributed by atoms with Gasteiger partial charge in [0.1, 0.15) is 5.75 Å². The Morgan fingerprint density at radius 3 is 2.39 bits per heavy atom. The number of methoxy groups -OCH3 is 1. The first-order valence-corrected chi connectivity index (χ1v) is 12.2. The fourth-order valence-electron chi connectivity index (χ4n) is 3.75. The second kappa shape index (κ2) is 11.0. The second-order valence-electron chi connectivity index (χ2n) is 9.19. The maximum Gasteiger partial charge on any atom is 0.321 e. The van der Waals surface area contributed by atoms with E-state index >= 15 is 0 Å². The third kappa shape index (κ3) is 6.94. The molecule has 180 valence electrons. The average molecular weight is 475 g/mol. The Labute approximate surface area is 199 Å². The van der Waals surface area contributed by atoms with Crippen LogP contribution in [0.5, 0.6) is 5.75 Å². The monoisotopic (exact) mass is 474 g/mol. The van der Waals surface area contributed by atoms with Crippen molar-refractivity contribution in [1.29, 1.82) is 0 Å². The Hall–Kier alpha value is -2.59. The second-order valence-corrected chi connectivity index (χ2v) is 10.1. The zero-order chi connectivity index (χ0) is 24.0. The number of imide groups is 1. The summed E-state index contributed by atoms with van der Waals surface area (Å²) in [6.45, 7) is 9.78. The fourth-order valence-corrected chi connectivity index (χ4v) is 4.51. The summed E-state index contributed by atoms with van der Waals surface area (Å²) in [6, 6.07) is 7.26. The molecule has 3 rings (SSSR count). The molecule has 0 aliphatic carbocycles. The van der Waals surface area contributed by atoms with E-state index in [-0.39, 0.29) is 11.8 Å². The molecule has 0 radical (unpaired) electrons. The lowest BCUT2D eigenvalue weighted by atomic mass is 10.1. The first-order valence-electron chi connectivity index (χ1n) is 11.3. The predicted octanol–water partition coefficient (Wildman–Crippen LogP) is 3.54. The molecule has 1 atom stereocenters. The Morgan fingerprint density at radius 2 is 1.79 bits per heavy atom. The highest BCUT2D eigenvalue weighted by molar-refractivity contribution is 7.99. The summed E-state index contributed by atoms with van der Waals surface area (Å²) >= 11 is 1.25. The molecule has 1 aliphatic heterocycles. The number of hydrogen-bond acceptors (Lipinski definition) is 7. The largest absolute Gasteiger partial charge is 0.497 e. The number of amides is 3. The van der Waals surface area contributed by atoms with Crippen LogP contribution < -0.4 is 15.4 Å². The van der Waals surface area contributed by atoms with Gasteiger partial charge in [-0.25, -0.2) is 4.79 Å². The maximum atomic E-state index is 12.4. The van der Waals surface area contributed by atoms with E-state index in [1.54, 1.807) is 7.11 Å². The minimum absolute atomic E-state index is 0.0456. The number of nitrogens with one attached hydrogen (secondary N) is 2. The lowest BCUT2D eigenvalue weighted by molar-refractivity contribution is -0.117. The van der Waals surface area contributed by atoms with Gasteiger partial charge in [-0.3, -0.25) is 19.6 Å². The maximum absolute atomic E-state index is 12.4. The highest BCUT2D eigenvalue weighted by Gasteiger charge is 2.26. The van der Waals surface area contributed by atoms with E-state index in [0.717, 1.165) is 30.4 Å². The van der Waals surface area contributed by atoms with Crippen LogP contribution in [0.4, 0.5) is 4.79 Å². The van der Waals surface area contributed by atoms with E-state index in [0.29, 0.717) is 5.16 Å². The van der Waals surface area contributed by atoms with Crippen molar-refractivity contribution in [1.82, 2.24) is 30.3 Å². The topological polar surface area (TPSA) is 101 Å². The Morgan fingerprint density at radius 1 is 1.12 bits per heavy atom. The number of rotatable bonds is 7. The summed E-state index contributed by atoms with van der Waals surface area (Å²) in [5.41, 5.74) is 0.471. The van der Waals surface area contributed by atoms with Gasteiger partial charge in [-0.1, -0.05) is 18.2 Å². The van der Waals surface area contributed by atoms with Crippen molar-refractivity contribution in [2.24, 2.45) is 0 Å².